The van der Waals surface area contributed by atoms with Crippen LogP contribution in [0.25, 0.3) is 11.3 Å². The number of fused-ring (bicyclic) bond motifs is 1. The first kappa shape index (κ1) is 21.3. The first-order valence-electron chi connectivity index (χ1n) is 10.0. The van der Waals surface area contributed by atoms with Crippen LogP contribution in [-0.2, 0) is 11.2 Å². The van der Waals surface area contributed by atoms with Crippen LogP contribution in [0, 0.1) is 5.92 Å². The van der Waals surface area contributed by atoms with Crippen LogP contribution in [0.1, 0.15) is 29.8 Å². The summed E-state index contributed by atoms with van der Waals surface area (Å²) in [5.41, 5.74) is 3.27. The molecule has 160 valence electrons. The van der Waals surface area contributed by atoms with Gasteiger partial charge in [-0.15, -0.1) is 11.3 Å². The van der Waals surface area contributed by atoms with Gasteiger partial charge in [0.05, 0.1) is 22.9 Å². The Kier molecular flexibility index (Phi) is 6.25. The number of amides is 2. The van der Waals surface area contributed by atoms with E-state index < -0.39 is 6.04 Å². The number of nitrogens with zero attached hydrogens (tertiary/aromatic N) is 1. The summed E-state index contributed by atoms with van der Waals surface area (Å²) < 4.78 is 5.55. The molecule has 0 aliphatic carbocycles. The summed E-state index contributed by atoms with van der Waals surface area (Å²) in [5.74, 6) is 0.0856. The fourth-order valence-corrected chi connectivity index (χ4v) is 4.34. The zero-order chi connectivity index (χ0) is 22.0. The lowest BCUT2D eigenvalue weighted by atomic mass is 10.0. The van der Waals surface area contributed by atoms with Crippen molar-refractivity contribution in [2.24, 2.45) is 5.92 Å². The first-order chi connectivity index (χ1) is 14.9. The van der Waals surface area contributed by atoms with Gasteiger partial charge in [0.15, 0.2) is 5.13 Å². The number of ether oxygens (including phenoxy) is 1. The van der Waals surface area contributed by atoms with Crippen molar-refractivity contribution in [1.82, 2.24) is 10.3 Å². The highest BCUT2D eigenvalue weighted by Crippen LogP contribution is 2.32. The van der Waals surface area contributed by atoms with E-state index in [1.807, 2.05) is 31.4 Å². The molecule has 0 saturated carbocycles. The van der Waals surface area contributed by atoms with E-state index in [1.165, 1.54) is 16.9 Å². The van der Waals surface area contributed by atoms with Crippen molar-refractivity contribution in [3.05, 3.63) is 64.0 Å². The summed E-state index contributed by atoms with van der Waals surface area (Å²) in [5, 5.41) is 8.34. The highest BCUT2D eigenvalue weighted by atomic mass is 35.5. The molecule has 0 unspecified atom stereocenters. The number of carbonyl (C=O) groups is 2. The number of nitrogens with one attached hydrogen (secondary N) is 2. The van der Waals surface area contributed by atoms with Gasteiger partial charge in [0.1, 0.15) is 11.8 Å². The molecule has 8 heteroatoms. The molecule has 31 heavy (non-hydrogen) atoms. The fraction of sp³-hybridized carbons (Fsp3) is 0.261. The second-order valence-corrected chi connectivity index (χ2v) is 8.89. The van der Waals surface area contributed by atoms with E-state index in [-0.39, 0.29) is 17.7 Å². The highest BCUT2D eigenvalue weighted by molar-refractivity contribution is 7.14. The van der Waals surface area contributed by atoms with Gasteiger partial charge in [0.25, 0.3) is 5.91 Å². The SMILES string of the molecule is CC(C)[C@H](NC(=O)c1ccccc1Cl)C(=O)Nc1nc(-c2ccc3c(c2)CCO3)cs1. The average molecular weight is 456 g/mol. The Labute approximate surface area is 189 Å². The van der Waals surface area contributed by atoms with E-state index in [0.717, 1.165) is 23.4 Å². The third kappa shape index (κ3) is 4.73. The molecular formula is C23H22ClN3O3S. The van der Waals surface area contributed by atoms with E-state index in [4.69, 9.17) is 16.3 Å². The Morgan fingerprint density at radius 3 is 2.77 bits per heavy atom. The largest absolute Gasteiger partial charge is 0.493 e. The smallest absolute Gasteiger partial charge is 0.253 e. The van der Waals surface area contributed by atoms with E-state index >= 15 is 0 Å². The lowest BCUT2D eigenvalue weighted by Gasteiger charge is -2.21. The number of anilines is 1. The van der Waals surface area contributed by atoms with Crippen LogP contribution in [0.15, 0.2) is 47.8 Å². The molecule has 1 aromatic heterocycles. The van der Waals surface area contributed by atoms with Crippen molar-refractivity contribution in [3.63, 3.8) is 0 Å². The average Bonchev–Trinajstić information content (AvgIpc) is 3.40. The maximum atomic E-state index is 12.9. The molecule has 0 spiro atoms. The number of rotatable bonds is 6. The summed E-state index contributed by atoms with van der Waals surface area (Å²) in [7, 11) is 0. The minimum absolute atomic E-state index is 0.123. The predicted octanol–water partition coefficient (Wildman–Crippen LogP) is 4.79. The minimum atomic E-state index is -0.728. The van der Waals surface area contributed by atoms with Crippen molar-refractivity contribution in [3.8, 4) is 17.0 Å². The van der Waals surface area contributed by atoms with Crippen molar-refractivity contribution in [2.75, 3.05) is 11.9 Å². The van der Waals surface area contributed by atoms with Crippen LogP contribution in [0.2, 0.25) is 5.02 Å². The third-order valence-electron chi connectivity index (χ3n) is 5.07. The van der Waals surface area contributed by atoms with Gasteiger partial charge in [0, 0.05) is 17.4 Å². The van der Waals surface area contributed by atoms with Crippen molar-refractivity contribution in [2.45, 2.75) is 26.3 Å². The summed E-state index contributed by atoms with van der Waals surface area (Å²) >= 11 is 7.45. The molecule has 1 aliphatic rings. The Morgan fingerprint density at radius 1 is 1.19 bits per heavy atom. The lowest BCUT2D eigenvalue weighted by molar-refractivity contribution is -0.118. The van der Waals surface area contributed by atoms with Crippen LogP contribution in [0.3, 0.4) is 0 Å². The molecule has 0 bridgehead atoms. The molecule has 1 atom stereocenters. The van der Waals surface area contributed by atoms with Gasteiger partial charge < -0.3 is 15.4 Å². The van der Waals surface area contributed by atoms with Crippen molar-refractivity contribution in [1.29, 1.82) is 0 Å². The number of hydrogen-bond donors (Lipinski definition) is 2. The molecule has 2 aromatic carbocycles. The van der Waals surface area contributed by atoms with Crippen molar-refractivity contribution < 1.29 is 14.3 Å². The van der Waals surface area contributed by atoms with E-state index in [1.54, 1.807) is 24.3 Å². The van der Waals surface area contributed by atoms with Crippen LogP contribution < -0.4 is 15.4 Å². The monoisotopic (exact) mass is 455 g/mol. The zero-order valence-electron chi connectivity index (χ0n) is 17.1. The Balaban J connectivity index is 1.46. The number of halogens is 1. The second-order valence-electron chi connectivity index (χ2n) is 7.62. The van der Waals surface area contributed by atoms with Crippen LogP contribution >= 0.6 is 22.9 Å². The van der Waals surface area contributed by atoms with Gasteiger partial charge in [-0.2, -0.15) is 0 Å². The number of aromatic nitrogens is 1. The molecule has 3 aromatic rings. The topological polar surface area (TPSA) is 80.3 Å². The summed E-state index contributed by atoms with van der Waals surface area (Å²) in [6.45, 7) is 4.45. The molecule has 2 amide bonds. The Morgan fingerprint density at radius 2 is 2.00 bits per heavy atom. The van der Waals surface area contributed by atoms with E-state index in [2.05, 4.69) is 21.7 Å². The predicted molar refractivity (Wildman–Crippen MR) is 123 cm³/mol. The standard InChI is InChI=1S/C23H22ClN3O3S/c1-13(2)20(26-21(28)16-5-3-4-6-17(16)24)22(29)27-23-25-18(12-31-23)14-7-8-19-15(11-14)9-10-30-19/h3-8,11-13,20H,9-10H2,1-2H3,(H,26,28)(H,25,27,29)/t20-/m0/s1. The molecule has 2 N–H and O–H groups in total. The van der Waals surface area contributed by atoms with Gasteiger partial charge in [-0.25, -0.2) is 4.98 Å². The maximum absolute atomic E-state index is 12.9. The first-order valence-corrected chi connectivity index (χ1v) is 11.3. The van der Waals surface area contributed by atoms with Gasteiger partial charge >= 0.3 is 0 Å². The number of carbonyl (C=O) groups excluding carboxylic acids is 2. The molecule has 0 saturated heterocycles. The molecular weight excluding hydrogens is 434 g/mol. The molecule has 4 rings (SSSR count). The Hall–Kier alpha value is -2.90. The van der Waals surface area contributed by atoms with Gasteiger partial charge in [-0.1, -0.05) is 37.6 Å². The summed E-state index contributed by atoms with van der Waals surface area (Å²) in [6, 6.07) is 12.0. The molecule has 0 radical (unpaired) electrons. The summed E-state index contributed by atoms with van der Waals surface area (Å²) in [4.78, 5) is 30.1. The Bertz CT molecular complexity index is 1130. The molecule has 1 aliphatic heterocycles. The van der Waals surface area contributed by atoms with Gasteiger partial charge in [-0.05, 0) is 41.8 Å². The highest BCUT2D eigenvalue weighted by Gasteiger charge is 2.26. The van der Waals surface area contributed by atoms with Crippen LogP contribution in [-0.4, -0.2) is 29.4 Å². The van der Waals surface area contributed by atoms with Crippen molar-refractivity contribution >= 4 is 39.9 Å². The fourth-order valence-electron chi connectivity index (χ4n) is 3.39. The molecule has 6 nitrogen and oxygen atoms in total. The molecule has 2 heterocycles. The molecule has 0 fully saturated rings. The zero-order valence-corrected chi connectivity index (χ0v) is 18.7. The number of hydrogen-bond acceptors (Lipinski definition) is 5. The number of benzene rings is 2. The van der Waals surface area contributed by atoms with E-state index in [9.17, 15) is 9.59 Å². The second kappa shape index (κ2) is 9.08. The lowest BCUT2D eigenvalue weighted by Crippen LogP contribution is -2.47. The summed E-state index contributed by atoms with van der Waals surface area (Å²) in [6.07, 6.45) is 0.887. The van der Waals surface area contributed by atoms with Crippen LogP contribution in [0.5, 0.6) is 5.75 Å². The maximum Gasteiger partial charge on any atom is 0.253 e. The number of thiazole rings is 1. The van der Waals surface area contributed by atoms with Crippen LogP contribution in [0.4, 0.5) is 5.13 Å². The minimum Gasteiger partial charge on any atom is -0.493 e. The van der Waals surface area contributed by atoms with E-state index in [0.29, 0.717) is 22.3 Å². The third-order valence-corrected chi connectivity index (χ3v) is 6.16. The normalized spacial score (nSPS) is 13.4. The van der Waals surface area contributed by atoms with Gasteiger partial charge in [-0.3, -0.25) is 9.59 Å². The quantitative estimate of drug-likeness (QED) is 0.560. The van der Waals surface area contributed by atoms with Gasteiger partial charge in [0.2, 0.25) is 5.91 Å².